The van der Waals surface area contributed by atoms with Crippen molar-refractivity contribution in [2.45, 2.75) is 13.3 Å². The highest BCUT2D eigenvalue weighted by Gasteiger charge is 2.16. The van der Waals surface area contributed by atoms with Gasteiger partial charge in [0.05, 0.1) is 11.4 Å². The van der Waals surface area contributed by atoms with Gasteiger partial charge in [-0.2, -0.15) is 0 Å². The number of thiazole rings is 1. The Bertz CT molecular complexity index is 583. The van der Waals surface area contributed by atoms with Crippen molar-refractivity contribution < 1.29 is 14.3 Å². The summed E-state index contributed by atoms with van der Waals surface area (Å²) in [5.41, 5.74) is 0.789. The molecule has 2 N–H and O–H groups in total. The highest BCUT2D eigenvalue weighted by Crippen LogP contribution is 2.27. The standard InChI is InChI=1S/C12H11FN2O2S/c1-2-8-10(11(16)17)18-12(14-8)15-9-6-4-3-5-7(9)13/h3-6H,2H2,1H3,(H,14,15)(H,16,17). The van der Waals surface area contributed by atoms with Gasteiger partial charge in [-0.05, 0) is 18.6 Å². The van der Waals surface area contributed by atoms with Crippen LogP contribution >= 0.6 is 11.3 Å². The lowest BCUT2D eigenvalue weighted by Crippen LogP contribution is -1.97. The summed E-state index contributed by atoms with van der Waals surface area (Å²) in [7, 11) is 0. The molecule has 94 valence electrons. The molecule has 0 radical (unpaired) electrons. The number of aryl methyl sites for hydroxylation is 1. The van der Waals surface area contributed by atoms with Gasteiger partial charge in [0.15, 0.2) is 5.13 Å². The largest absolute Gasteiger partial charge is 0.477 e. The van der Waals surface area contributed by atoms with Crippen molar-refractivity contribution >= 4 is 28.1 Å². The second-order valence-electron chi connectivity index (χ2n) is 3.56. The van der Waals surface area contributed by atoms with Crippen molar-refractivity contribution in [3.05, 3.63) is 40.7 Å². The Morgan fingerprint density at radius 3 is 2.78 bits per heavy atom. The van der Waals surface area contributed by atoms with Crippen LogP contribution in [0.15, 0.2) is 24.3 Å². The third kappa shape index (κ3) is 2.48. The number of para-hydroxylation sites is 1. The zero-order valence-corrected chi connectivity index (χ0v) is 10.4. The van der Waals surface area contributed by atoms with Gasteiger partial charge in [0.25, 0.3) is 0 Å². The van der Waals surface area contributed by atoms with Gasteiger partial charge in [-0.3, -0.25) is 0 Å². The number of aromatic carboxylic acids is 1. The molecule has 1 aromatic carbocycles. The third-order valence-electron chi connectivity index (χ3n) is 2.34. The average Bonchev–Trinajstić information content (AvgIpc) is 2.75. The molecule has 0 amide bonds. The molecule has 1 heterocycles. The molecule has 1 aromatic heterocycles. The molecule has 0 aliphatic rings. The molecular formula is C12H11FN2O2S. The average molecular weight is 266 g/mol. The van der Waals surface area contributed by atoms with Crippen molar-refractivity contribution in [3.63, 3.8) is 0 Å². The summed E-state index contributed by atoms with van der Waals surface area (Å²) in [4.78, 5) is 15.3. The van der Waals surface area contributed by atoms with E-state index in [1.54, 1.807) is 18.2 Å². The van der Waals surface area contributed by atoms with Gasteiger partial charge in [-0.25, -0.2) is 14.2 Å². The normalized spacial score (nSPS) is 10.3. The van der Waals surface area contributed by atoms with Crippen LogP contribution in [0.3, 0.4) is 0 Å². The lowest BCUT2D eigenvalue weighted by Gasteiger charge is -2.02. The molecule has 6 heteroatoms. The van der Waals surface area contributed by atoms with Crippen LogP contribution in [0.5, 0.6) is 0 Å². The maximum Gasteiger partial charge on any atom is 0.347 e. The van der Waals surface area contributed by atoms with Gasteiger partial charge >= 0.3 is 5.97 Å². The predicted octanol–water partition coefficient (Wildman–Crippen LogP) is 3.29. The van der Waals surface area contributed by atoms with Crippen molar-refractivity contribution in [1.82, 2.24) is 4.98 Å². The number of hydrogen-bond donors (Lipinski definition) is 2. The smallest absolute Gasteiger partial charge is 0.347 e. The van der Waals surface area contributed by atoms with Crippen LogP contribution in [0, 0.1) is 5.82 Å². The minimum atomic E-state index is -1.01. The van der Waals surface area contributed by atoms with Crippen LogP contribution in [0.2, 0.25) is 0 Å². The van der Waals surface area contributed by atoms with Gasteiger partial charge in [-0.1, -0.05) is 30.4 Å². The number of benzene rings is 1. The molecular weight excluding hydrogens is 255 g/mol. The summed E-state index contributed by atoms with van der Waals surface area (Å²) in [6, 6.07) is 6.18. The van der Waals surface area contributed by atoms with E-state index in [0.29, 0.717) is 17.2 Å². The number of carbonyl (C=O) groups is 1. The maximum atomic E-state index is 13.4. The molecule has 0 fully saturated rings. The van der Waals surface area contributed by atoms with Crippen molar-refractivity contribution in [3.8, 4) is 0 Å². The van der Waals surface area contributed by atoms with Crippen molar-refractivity contribution in [1.29, 1.82) is 0 Å². The first kappa shape index (κ1) is 12.5. The van der Waals surface area contributed by atoms with E-state index in [2.05, 4.69) is 10.3 Å². The molecule has 4 nitrogen and oxygen atoms in total. The number of anilines is 2. The molecule has 0 spiro atoms. The van der Waals surface area contributed by atoms with E-state index in [9.17, 15) is 9.18 Å². The first-order chi connectivity index (χ1) is 8.61. The Balaban J connectivity index is 2.30. The number of nitrogens with zero attached hydrogens (tertiary/aromatic N) is 1. The third-order valence-corrected chi connectivity index (χ3v) is 3.34. The first-order valence-corrected chi connectivity index (χ1v) is 6.18. The Labute approximate surface area is 107 Å². The van der Waals surface area contributed by atoms with Crippen LogP contribution < -0.4 is 5.32 Å². The van der Waals surface area contributed by atoms with E-state index in [4.69, 9.17) is 5.11 Å². The van der Waals surface area contributed by atoms with Gasteiger partial charge in [-0.15, -0.1) is 0 Å². The zero-order valence-electron chi connectivity index (χ0n) is 9.61. The Kier molecular flexibility index (Phi) is 3.57. The Morgan fingerprint density at radius 2 is 2.22 bits per heavy atom. The minimum absolute atomic E-state index is 0.191. The maximum absolute atomic E-state index is 13.4. The zero-order chi connectivity index (χ0) is 13.1. The fourth-order valence-electron chi connectivity index (χ4n) is 1.49. The van der Waals surface area contributed by atoms with Crippen LogP contribution in [-0.2, 0) is 6.42 Å². The highest BCUT2D eigenvalue weighted by molar-refractivity contribution is 7.17. The van der Waals surface area contributed by atoms with E-state index >= 15 is 0 Å². The van der Waals surface area contributed by atoms with Crippen LogP contribution in [0.25, 0.3) is 0 Å². The minimum Gasteiger partial charge on any atom is -0.477 e. The van der Waals surface area contributed by atoms with E-state index in [-0.39, 0.29) is 10.6 Å². The predicted molar refractivity (Wildman–Crippen MR) is 68.1 cm³/mol. The number of hydrogen-bond acceptors (Lipinski definition) is 4. The molecule has 0 aliphatic carbocycles. The highest BCUT2D eigenvalue weighted by atomic mass is 32.1. The molecule has 18 heavy (non-hydrogen) atoms. The van der Waals surface area contributed by atoms with Crippen LogP contribution in [-0.4, -0.2) is 16.1 Å². The molecule has 0 unspecified atom stereocenters. The molecule has 0 atom stereocenters. The fourth-order valence-corrected chi connectivity index (χ4v) is 2.39. The van der Waals surface area contributed by atoms with Gasteiger partial charge in [0.1, 0.15) is 10.7 Å². The molecule has 0 saturated carbocycles. The van der Waals surface area contributed by atoms with E-state index < -0.39 is 11.8 Å². The summed E-state index contributed by atoms with van der Waals surface area (Å²) in [5, 5.41) is 12.2. The number of rotatable bonds is 4. The monoisotopic (exact) mass is 266 g/mol. The summed E-state index contributed by atoms with van der Waals surface area (Å²) >= 11 is 1.01. The number of nitrogens with one attached hydrogen (secondary N) is 1. The molecule has 2 aromatic rings. The van der Waals surface area contributed by atoms with Gasteiger partial charge < -0.3 is 10.4 Å². The van der Waals surface area contributed by atoms with Crippen molar-refractivity contribution in [2.24, 2.45) is 0 Å². The Hall–Kier alpha value is -1.95. The topological polar surface area (TPSA) is 62.2 Å². The number of halogens is 1. The second kappa shape index (κ2) is 5.14. The van der Waals surface area contributed by atoms with Crippen molar-refractivity contribution in [2.75, 3.05) is 5.32 Å². The van der Waals surface area contributed by atoms with Gasteiger partial charge in [0, 0.05) is 0 Å². The summed E-state index contributed by atoms with van der Waals surface area (Å²) in [5.74, 6) is -1.41. The lowest BCUT2D eigenvalue weighted by atomic mass is 10.3. The molecule has 2 rings (SSSR count). The summed E-state index contributed by atoms with van der Waals surface area (Å²) in [6.07, 6.45) is 0.525. The summed E-state index contributed by atoms with van der Waals surface area (Å²) in [6.45, 7) is 1.83. The number of carboxylic acid groups (broad SMARTS) is 1. The van der Waals surface area contributed by atoms with E-state index in [0.717, 1.165) is 11.3 Å². The fraction of sp³-hybridized carbons (Fsp3) is 0.167. The SMILES string of the molecule is CCc1nc(Nc2ccccc2F)sc1C(=O)O. The van der Waals surface area contributed by atoms with E-state index in [1.807, 2.05) is 6.92 Å². The van der Waals surface area contributed by atoms with E-state index in [1.165, 1.54) is 6.07 Å². The lowest BCUT2D eigenvalue weighted by molar-refractivity contribution is 0.0701. The van der Waals surface area contributed by atoms with Crippen LogP contribution in [0.1, 0.15) is 22.3 Å². The molecule has 0 aliphatic heterocycles. The molecule has 0 bridgehead atoms. The van der Waals surface area contributed by atoms with Gasteiger partial charge in [0.2, 0.25) is 0 Å². The second-order valence-corrected chi connectivity index (χ2v) is 4.56. The number of aromatic nitrogens is 1. The Morgan fingerprint density at radius 1 is 1.50 bits per heavy atom. The first-order valence-electron chi connectivity index (χ1n) is 5.36. The quantitative estimate of drug-likeness (QED) is 0.891. The summed E-state index contributed by atoms with van der Waals surface area (Å²) < 4.78 is 13.4. The number of carboxylic acids is 1. The van der Waals surface area contributed by atoms with Crippen LogP contribution in [0.4, 0.5) is 15.2 Å². The molecule has 0 saturated heterocycles.